The minimum atomic E-state index is -0.629. The van der Waals surface area contributed by atoms with Crippen LogP contribution < -0.4 is 5.32 Å². The van der Waals surface area contributed by atoms with Crippen molar-refractivity contribution in [3.63, 3.8) is 0 Å². The van der Waals surface area contributed by atoms with E-state index in [2.05, 4.69) is 5.32 Å². The molecule has 3 rings (SSSR count). The number of fused-ring (bicyclic) bond motifs is 1. The second-order valence-corrected chi connectivity index (χ2v) is 6.00. The molecule has 1 N–H and O–H groups in total. The van der Waals surface area contributed by atoms with Crippen LogP contribution in [0.5, 0.6) is 0 Å². The number of hydrogen-bond donors (Lipinski definition) is 1. The van der Waals surface area contributed by atoms with E-state index in [9.17, 15) is 9.59 Å². The topological polar surface area (TPSA) is 55.4 Å². The first kappa shape index (κ1) is 18.4. The van der Waals surface area contributed by atoms with E-state index in [4.69, 9.17) is 4.74 Å². The first-order valence-corrected chi connectivity index (χ1v) is 8.87. The van der Waals surface area contributed by atoms with E-state index < -0.39 is 5.97 Å². The van der Waals surface area contributed by atoms with Crippen molar-refractivity contribution in [1.29, 1.82) is 0 Å². The van der Waals surface area contributed by atoms with Crippen LogP contribution in [0.2, 0.25) is 0 Å². The Morgan fingerprint density at radius 3 is 2.41 bits per heavy atom. The van der Waals surface area contributed by atoms with E-state index >= 15 is 0 Å². The van der Waals surface area contributed by atoms with Crippen LogP contribution in [-0.4, -0.2) is 18.4 Å². The molecule has 0 saturated carbocycles. The average molecular weight is 359 g/mol. The highest BCUT2D eigenvalue weighted by Gasteiger charge is 2.22. The van der Waals surface area contributed by atoms with Crippen molar-refractivity contribution < 1.29 is 14.3 Å². The van der Waals surface area contributed by atoms with E-state index in [0.29, 0.717) is 12.1 Å². The Morgan fingerprint density at radius 2 is 1.63 bits per heavy atom. The van der Waals surface area contributed by atoms with Gasteiger partial charge in [-0.25, -0.2) is 4.79 Å². The van der Waals surface area contributed by atoms with Crippen LogP contribution in [0.3, 0.4) is 0 Å². The van der Waals surface area contributed by atoms with E-state index in [1.807, 2.05) is 66.7 Å². The molecule has 0 atom stereocenters. The fourth-order valence-electron chi connectivity index (χ4n) is 2.86. The molecular weight excluding hydrogens is 338 g/mol. The third-order valence-corrected chi connectivity index (χ3v) is 4.17. The lowest BCUT2D eigenvalue weighted by Gasteiger charge is -2.10. The molecule has 0 aliphatic carbocycles. The normalized spacial score (nSPS) is 11.2. The monoisotopic (exact) mass is 359 g/mol. The standard InChI is InChI=1S/C23H21NO3/c1-2-27-23(26)21(16-24-15-17-9-4-3-5-10-17)22(25)20-14-8-12-18-11-6-7-13-19(18)20/h3-14,16,24H,2,15H2,1H3/b21-16-. The number of carbonyl (C=O) groups is 2. The maximum absolute atomic E-state index is 13.1. The minimum Gasteiger partial charge on any atom is -0.462 e. The molecule has 3 aromatic rings. The number of rotatable bonds is 7. The molecule has 4 nitrogen and oxygen atoms in total. The molecule has 0 radical (unpaired) electrons. The summed E-state index contributed by atoms with van der Waals surface area (Å²) in [6, 6.07) is 22.8. The molecule has 0 bridgehead atoms. The number of carbonyl (C=O) groups excluding carboxylic acids is 2. The molecule has 136 valence electrons. The second kappa shape index (κ2) is 8.81. The predicted octanol–water partition coefficient (Wildman–Crippen LogP) is 4.26. The zero-order chi connectivity index (χ0) is 19.1. The number of hydrogen-bond acceptors (Lipinski definition) is 4. The van der Waals surface area contributed by atoms with Gasteiger partial charge in [0.1, 0.15) is 5.57 Å². The molecule has 0 spiro atoms. The Labute approximate surface area is 158 Å². The van der Waals surface area contributed by atoms with Gasteiger partial charge in [-0.05, 0) is 23.3 Å². The first-order valence-electron chi connectivity index (χ1n) is 8.87. The van der Waals surface area contributed by atoms with E-state index in [-0.39, 0.29) is 18.0 Å². The largest absolute Gasteiger partial charge is 0.462 e. The molecule has 0 aromatic heterocycles. The van der Waals surface area contributed by atoms with Gasteiger partial charge in [0.2, 0.25) is 5.78 Å². The Balaban J connectivity index is 1.91. The highest BCUT2D eigenvalue weighted by molar-refractivity contribution is 6.27. The van der Waals surface area contributed by atoms with Gasteiger partial charge in [-0.3, -0.25) is 4.79 Å². The number of nitrogens with one attached hydrogen (secondary N) is 1. The third kappa shape index (κ3) is 4.42. The van der Waals surface area contributed by atoms with Gasteiger partial charge in [0.15, 0.2) is 0 Å². The van der Waals surface area contributed by atoms with Gasteiger partial charge < -0.3 is 10.1 Å². The van der Waals surface area contributed by atoms with Crippen LogP contribution in [0, 0.1) is 0 Å². The summed E-state index contributed by atoms with van der Waals surface area (Å²) in [5, 5.41) is 4.81. The Morgan fingerprint density at radius 1 is 0.926 bits per heavy atom. The zero-order valence-corrected chi connectivity index (χ0v) is 15.1. The summed E-state index contributed by atoms with van der Waals surface area (Å²) in [7, 11) is 0. The summed E-state index contributed by atoms with van der Waals surface area (Å²) in [4.78, 5) is 25.5. The van der Waals surface area contributed by atoms with Gasteiger partial charge >= 0.3 is 5.97 Å². The van der Waals surface area contributed by atoms with Gasteiger partial charge in [-0.2, -0.15) is 0 Å². The number of ether oxygens (including phenoxy) is 1. The van der Waals surface area contributed by atoms with Crippen LogP contribution in [-0.2, 0) is 16.1 Å². The third-order valence-electron chi connectivity index (χ3n) is 4.17. The summed E-state index contributed by atoms with van der Waals surface area (Å²) in [6.07, 6.45) is 1.45. The summed E-state index contributed by atoms with van der Waals surface area (Å²) in [6.45, 7) is 2.43. The Bertz CT molecular complexity index is 972. The molecule has 0 amide bonds. The molecule has 27 heavy (non-hydrogen) atoms. The van der Waals surface area contributed by atoms with Gasteiger partial charge in [-0.1, -0.05) is 72.8 Å². The van der Waals surface area contributed by atoms with Gasteiger partial charge in [-0.15, -0.1) is 0 Å². The van der Waals surface area contributed by atoms with E-state index in [1.165, 1.54) is 6.20 Å². The first-order chi connectivity index (χ1) is 13.2. The zero-order valence-electron chi connectivity index (χ0n) is 15.1. The summed E-state index contributed by atoms with van der Waals surface area (Å²) in [5.41, 5.74) is 1.52. The lowest BCUT2D eigenvalue weighted by Crippen LogP contribution is -2.20. The van der Waals surface area contributed by atoms with Crippen LogP contribution >= 0.6 is 0 Å². The smallest absolute Gasteiger partial charge is 0.343 e. The molecular formula is C23H21NO3. The average Bonchev–Trinajstić information content (AvgIpc) is 2.71. The minimum absolute atomic E-state index is 0.0101. The van der Waals surface area contributed by atoms with E-state index in [0.717, 1.165) is 16.3 Å². The van der Waals surface area contributed by atoms with Crippen LogP contribution in [0.25, 0.3) is 10.8 Å². The molecule has 0 saturated heterocycles. The Hall–Kier alpha value is -3.40. The molecule has 0 fully saturated rings. The van der Waals surface area contributed by atoms with Crippen molar-refractivity contribution in [2.24, 2.45) is 0 Å². The van der Waals surface area contributed by atoms with E-state index in [1.54, 1.807) is 13.0 Å². The van der Waals surface area contributed by atoms with Crippen molar-refractivity contribution >= 4 is 22.5 Å². The number of esters is 1. The number of ketones is 1. The summed E-state index contributed by atoms with van der Waals surface area (Å²) in [5.74, 6) is -0.984. The van der Waals surface area contributed by atoms with Crippen molar-refractivity contribution in [1.82, 2.24) is 5.32 Å². The second-order valence-electron chi connectivity index (χ2n) is 6.00. The molecule has 0 heterocycles. The highest BCUT2D eigenvalue weighted by atomic mass is 16.5. The van der Waals surface area contributed by atoms with Crippen molar-refractivity contribution in [2.75, 3.05) is 6.61 Å². The maximum Gasteiger partial charge on any atom is 0.343 e. The van der Waals surface area contributed by atoms with Crippen molar-refractivity contribution in [2.45, 2.75) is 13.5 Å². The van der Waals surface area contributed by atoms with Crippen LogP contribution in [0.15, 0.2) is 84.6 Å². The molecule has 0 aliphatic heterocycles. The predicted molar refractivity (Wildman–Crippen MR) is 106 cm³/mol. The molecule has 3 aromatic carbocycles. The van der Waals surface area contributed by atoms with Gasteiger partial charge in [0.25, 0.3) is 0 Å². The molecule has 0 aliphatic rings. The summed E-state index contributed by atoms with van der Waals surface area (Å²) < 4.78 is 5.09. The van der Waals surface area contributed by atoms with Crippen LogP contribution in [0.4, 0.5) is 0 Å². The lowest BCUT2D eigenvalue weighted by molar-refractivity contribution is -0.138. The SMILES string of the molecule is CCOC(=O)/C(=C\NCc1ccccc1)C(=O)c1cccc2ccccc12. The lowest BCUT2D eigenvalue weighted by atomic mass is 9.97. The maximum atomic E-state index is 13.1. The van der Waals surface area contributed by atoms with Crippen molar-refractivity contribution in [3.05, 3.63) is 95.7 Å². The van der Waals surface area contributed by atoms with Crippen LogP contribution in [0.1, 0.15) is 22.8 Å². The Kier molecular flexibility index (Phi) is 6.00. The molecule has 4 heteroatoms. The highest BCUT2D eigenvalue weighted by Crippen LogP contribution is 2.21. The number of benzene rings is 3. The van der Waals surface area contributed by atoms with Gasteiger partial charge in [0, 0.05) is 18.3 Å². The quantitative estimate of drug-likeness (QED) is 0.225. The summed E-state index contributed by atoms with van der Waals surface area (Å²) >= 11 is 0. The number of Topliss-reactive ketones (excluding diaryl/α,β-unsaturated/α-hetero) is 1. The van der Waals surface area contributed by atoms with Gasteiger partial charge in [0.05, 0.1) is 6.61 Å². The molecule has 0 unspecified atom stereocenters. The fraction of sp³-hybridized carbons (Fsp3) is 0.130. The fourth-order valence-corrected chi connectivity index (χ4v) is 2.86. The van der Waals surface area contributed by atoms with Crippen molar-refractivity contribution in [3.8, 4) is 0 Å².